The van der Waals surface area contributed by atoms with Crippen LogP contribution in [0.5, 0.6) is 0 Å². The molecule has 0 saturated heterocycles. The molecule has 0 heterocycles. The number of rotatable bonds is 5. The lowest BCUT2D eigenvalue weighted by molar-refractivity contribution is 0.561. The van der Waals surface area contributed by atoms with E-state index in [1.165, 1.54) is 18.2 Å². The van der Waals surface area contributed by atoms with E-state index in [0.717, 1.165) is 6.07 Å². The summed E-state index contributed by atoms with van der Waals surface area (Å²) < 4.78 is 38.5. The minimum Gasteiger partial charge on any atom is -0.327 e. The molecule has 0 aliphatic carbocycles. The molecule has 16 heavy (non-hydrogen) atoms. The van der Waals surface area contributed by atoms with Crippen LogP contribution in [0.1, 0.15) is 13.3 Å². The van der Waals surface area contributed by atoms with Gasteiger partial charge >= 0.3 is 0 Å². The van der Waals surface area contributed by atoms with Crippen molar-refractivity contribution in [3.63, 3.8) is 0 Å². The van der Waals surface area contributed by atoms with Crippen LogP contribution in [-0.4, -0.2) is 21.0 Å². The van der Waals surface area contributed by atoms with Crippen molar-refractivity contribution in [2.45, 2.75) is 24.3 Å². The molecule has 0 aliphatic rings. The highest BCUT2D eigenvalue weighted by atomic mass is 32.2. The molecule has 0 bridgehead atoms. The van der Waals surface area contributed by atoms with Crippen LogP contribution in [0.2, 0.25) is 0 Å². The zero-order chi connectivity index (χ0) is 12.2. The van der Waals surface area contributed by atoms with Crippen molar-refractivity contribution >= 4 is 10.0 Å². The van der Waals surface area contributed by atoms with Crippen LogP contribution in [0, 0.1) is 5.82 Å². The second-order valence-corrected chi connectivity index (χ2v) is 5.24. The highest BCUT2D eigenvalue weighted by Crippen LogP contribution is 2.09. The van der Waals surface area contributed by atoms with Gasteiger partial charge in [0.05, 0.1) is 4.90 Å². The van der Waals surface area contributed by atoms with E-state index in [1.54, 1.807) is 0 Å². The third-order valence-electron chi connectivity index (χ3n) is 2.17. The van der Waals surface area contributed by atoms with E-state index < -0.39 is 15.8 Å². The van der Waals surface area contributed by atoms with E-state index in [0.29, 0.717) is 6.42 Å². The second kappa shape index (κ2) is 5.38. The fourth-order valence-electron chi connectivity index (χ4n) is 1.08. The zero-order valence-corrected chi connectivity index (χ0v) is 9.80. The van der Waals surface area contributed by atoms with Crippen molar-refractivity contribution < 1.29 is 12.8 Å². The maximum atomic E-state index is 12.8. The van der Waals surface area contributed by atoms with Crippen LogP contribution in [0.4, 0.5) is 4.39 Å². The third-order valence-corrected chi connectivity index (χ3v) is 3.59. The van der Waals surface area contributed by atoms with E-state index in [2.05, 4.69) is 4.72 Å². The summed E-state index contributed by atoms with van der Waals surface area (Å²) in [7, 11) is -3.66. The number of hydrogen-bond donors (Lipinski definition) is 2. The predicted molar refractivity (Wildman–Crippen MR) is 59.9 cm³/mol. The number of sulfonamides is 1. The van der Waals surface area contributed by atoms with Gasteiger partial charge in [-0.25, -0.2) is 17.5 Å². The first-order valence-electron chi connectivity index (χ1n) is 4.96. The van der Waals surface area contributed by atoms with Crippen LogP contribution in [-0.2, 0) is 10.0 Å². The average Bonchev–Trinajstić information content (AvgIpc) is 2.26. The van der Waals surface area contributed by atoms with Gasteiger partial charge in [-0.3, -0.25) is 0 Å². The van der Waals surface area contributed by atoms with Crippen LogP contribution in [0.25, 0.3) is 0 Å². The summed E-state index contributed by atoms with van der Waals surface area (Å²) in [4.78, 5) is -0.0872. The minimum absolute atomic E-state index is 0.0872. The van der Waals surface area contributed by atoms with Gasteiger partial charge in [-0.1, -0.05) is 13.0 Å². The predicted octanol–water partition coefficient (Wildman–Crippen LogP) is 0.841. The van der Waals surface area contributed by atoms with Gasteiger partial charge in [-0.15, -0.1) is 0 Å². The number of hydrogen-bond acceptors (Lipinski definition) is 3. The molecule has 0 aliphatic heterocycles. The molecule has 0 fully saturated rings. The van der Waals surface area contributed by atoms with Crippen LogP contribution < -0.4 is 10.5 Å². The largest absolute Gasteiger partial charge is 0.327 e. The molecular weight excluding hydrogens is 231 g/mol. The Labute approximate surface area is 94.7 Å². The Bertz CT molecular complexity index is 448. The standard InChI is InChI=1S/C10H15FN2O2S/c1-2-9(12)7-13-16(14,15)10-5-3-4-8(11)6-10/h3-6,9,13H,2,7,12H2,1H3. The molecule has 1 unspecified atom stereocenters. The molecule has 1 rings (SSSR count). The molecule has 0 spiro atoms. The minimum atomic E-state index is -3.66. The van der Waals surface area contributed by atoms with Crippen molar-refractivity contribution in [3.05, 3.63) is 30.1 Å². The summed E-state index contributed by atoms with van der Waals surface area (Å²) in [6.45, 7) is 2.01. The summed E-state index contributed by atoms with van der Waals surface area (Å²) >= 11 is 0. The molecule has 1 atom stereocenters. The van der Waals surface area contributed by atoms with E-state index in [-0.39, 0.29) is 17.5 Å². The first-order valence-corrected chi connectivity index (χ1v) is 6.45. The second-order valence-electron chi connectivity index (χ2n) is 3.48. The summed E-state index contributed by atoms with van der Waals surface area (Å²) in [5.41, 5.74) is 5.59. The summed E-state index contributed by atoms with van der Waals surface area (Å²) in [5, 5.41) is 0. The number of nitrogens with two attached hydrogens (primary N) is 1. The molecule has 90 valence electrons. The van der Waals surface area contributed by atoms with E-state index in [9.17, 15) is 12.8 Å². The van der Waals surface area contributed by atoms with Crippen molar-refractivity contribution in [1.82, 2.24) is 4.72 Å². The van der Waals surface area contributed by atoms with Crippen molar-refractivity contribution in [1.29, 1.82) is 0 Å². The molecule has 6 heteroatoms. The Balaban J connectivity index is 2.78. The Hall–Kier alpha value is -0.980. The molecule has 0 radical (unpaired) electrons. The smallest absolute Gasteiger partial charge is 0.240 e. The molecule has 1 aromatic rings. The van der Waals surface area contributed by atoms with Gasteiger partial charge in [-0.2, -0.15) is 0 Å². The molecule has 0 saturated carbocycles. The fraction of sp³-hybridized carbons (Fsp3) is 0.400. The van der Waals surface area contributed by atoms with Crippen LogP contribution in [0.15, 0.2) is 29.2 Å². The maximum Gasteiger partial charge on any atom is 0.240 e. The van der Waals surface area contributed by atoms with Crippen molar-refractivity contribution in [2.75, 3.05) is 6.54 Å². The zero-order valence-electron chi connectivity index (χ0n) is 8.98. The number of nitrogens with one attached hydrogen (secondary N) is 1. The quantitative estimate of drug-likeness (QED) is 0.808. The van der Waals surface area contributed by atoms with Gasteiger partial charge in [0.2, 0.25) is 10.0 Å². The Morgan fingerprint density at radius 2 is 2.19 bits per heavy atom. The van der Waals surface area contributed by atoms with Gasteiger partial charge in [0.25, 0.3) is 0 Å². The maximum absolute atomic E-state index is 12.8. The first-order chi connectivity index (χ1) is 7.45. The molecule has 0 amide bonds. The van der Waals surface area contributed by atoms with Crippen molar-refractivity contribution in [3.8, 4) is 0 Å². The molecular formula is C10H15FN2O2S. The van der Waals surface area contributed by atoms with E-state index in [4.69, 9.17) is 5.73 Å². The van der Waals surface area contributed by atoms with E-state index >= 15 is 0 Å². The first kappa shape index (κ1) is 13.1. The normalized spacial score (nSPS) is 13.7. The molecule has 3 N–H and O–H groups in total. The molecule has 1 aromatic carbocycles. The van der Waals surface area contributed by atoms with Crippen LogP contribution in [0.3, 0.4) is 0 Å². The van der Waals surface area contributed by atoms with Crippen molar-refractivity contribution in [2.24, 2.45) is 5.73 Å². The van der Waals surface area contributed by atoms with Gasteiger partial charge in [0.15, 0.2) is 0 Å². The Morgan fingerprint density at radius 1 is 1.50 bits per heavy atom. The lowest BCUT2D eigenvalue weighted by atomic mass is 10.2. The highest BCUT2D eigenvalue weighted by molar-refractivity contribution is 7.89. The van der Waals surface area contributed by atoms with Gasteiger partial charge in [0, 0.05) is 12.6 Å². The molecule has 4 nitrogen and oxygen atoms in total. The van der Waals surface area contributed by atoms with Crippen LogP contribution >= 0.6 is 0 Å². The topological polar surface area (TPSA) is 72.2 Å². The third kappa shape index (κ3) is 3.55. The van der Waals surface area contributed by atoms with E-state index in [1.807, 2.05) is 6.92 Å². The lowest BCUT2D eigenvalue weighted by Crippen LogP contribution is -2.36. The molecule has 0 aromatic heterocycles. The van der Waals surface area contributed by atoms with Gasteiger partial charge in [0.1, 0.15) is 5.82 Å². The lowest BCUT2D eigenvalue weighted by Gasteiger charge is -2.10. The SMILES string of the molecule is CCC(N)CNS(=O)(=O)c1cccc(F)c1. The number of halogens is 1. The monoisotopic (exact) mass is 246 g/mol. The highest BCUT2D eigenvalue weighted by Gasteiger charge is 2.15. The summed E-state index contributed by atoms with van der Waals surface area (Å²) in [6, 6.07) is 4.62. The Kier molecular flexibility index (Phi) is 4.40. The Morgan fingerprint density at radius 3 is 2.75 bits per heavy atom. The summed E-state index contributed by atoms with van der Waals surface area (Å²) in [6.07, 6.45) is 0.672. The van der Waals surface area contributed by atoms with Gasteiger partial charge < -0.3 is 5.73 Å². The summed E-state index contributed by atoms with van der Waals surface area (Å²) in [5.74, 6) is -0.581. The number of benzene rings is 1. The average molecular weight is 246 g/mol. The van der Waals surface area contributed by atoms with Gasteiger partial charge in [-0.05, 0) is 24.6 Å². The fourth-order valence-corrected chi connectivity index (χ4v) is 2.20.